The molecule has 0 saturated carbocycles. The van der Waals surface area contributed by atoms with Gasteiger partial charge >= 0.3 is 0 Å². The van der Waals surface area contributed by atoms with E-state index >= 15 is 0 Å². The zero-order chi connectivity index (χ0) is 15.1. The van der Waals surface area contributed by atoms with E-state index in [2.05, 4.69) is 4.98 Å². The third kappa shape index (κ3) is 2.57. The van der Waals surface area contributed by atoms with Crippen LogP contribution in [0.15, 0.2) is 34.9 Å². The Hall–Kier alpha value is -1.08. The van der Waals surface area contributed by atoms with Crippen LogP contribution in [0.5, 0.6) is 0 Å². The third-order valence-corrected chi connectivity index (χ3v) is 4.48. The largest absolute Gasteiger partial charge is 0.467 e. The number of halogens is 3. The molecule has 2 atom stereocenters. The second-order valence-electron chi connectivity index (χ2n) is 4.90. The highest BCUT2D eigenvalue weighted by Gasteiger charge is 2.22. The van der Waals surface area contributed by atoms with Gasteiger partial charge in [0.2, 0.25) is 0 Å². The molecule has 0 saturated heterocycles. The van der Waals surface area contributed by atoms with Gasteiger partial charge in [0.25, 0.3) is 0 Å². The van der Waals surface area contributed by atoms with E-state index in [0.29, 0.717) is 9.39 Å². The van der Waals surface area contributed by atoms with Crippen LogP contribution < -0.4 is 0 Å². The maximum absolute atomic E-state index is 13.9. The summed E-state index contributed by atoms with van der Waals surface area (Å²) < 4.78 is 21.9. The highest BCUT2D eigenvalue weighted by atomic mass is 127. The SMILES string of the molecule is CC(Cl)c1nc2cc(I)c(F)cc2n1C(C)c1ccco1. The van der Waals surface area contributed by atoms with Crippen molar-refractivity contribution >= 4 is 45.2 Å². The number of hydrogen-bond donors (Lipinski definition) is 0. The van der Waals surface area contributed by atoms with Crippen LogP contribution in [-0.2, 0) is 0 Å². The van der Waals surface area contributed by atoms with E-state index in [9.17, 15) is 4.39 Å². The summed E-state index contributed by atoms with van der Waals surface area (Å²) >= 11 is 8.22. The first kappa shape index (κ1) is 14.8. The average Bonchev–Trinajstić information content (AvgIpc) is 3.06. The second kappa shape index (κ2) is 5.61. The van der Waals surface area contributed by atoms with E-state index < -0.39 is 0 Å². The fraction of sp³-hybridized carbons (Fsp3) is 0.267. The first-order valence-corrected chi connectivity index (χ1v) is 8.05. The van der Waals surface area contributed by atoms with Crippen molar-refractivity contribution in [3.63, 3.8) is 0 Å². The van der Waals surface area contributed by atoms with Gasteiger partial charge in [-0.15, -0.1) is 11.6 Å². The molecule has 0 spiro atoms. The fourth-order valence-corrected chi connectivity index (χ4v) is 3.06. The molecule has 3 rings (SSSR count). The molecule has 0 aliphatic carbocycles. The highest BCUT2D eigenvalue weighted by molar-refractivity contribution is 14.1. The van der Waals surface area contributed by atoms with Crippen LogP contribution >= 0.6 is 34.2 Å². The molecular formula is C15H13ClFIN2O. The number of nitrogens with zero attached hydrogens (tertiary/aromatic N) is 2. The molecule has 0 aliphatic rings. The van der Waals surface area contributed by atoms with Gasteiger partial charge in [-0.25, -0.2) is 9.37 Å². The highest BCUT2D eigenvalue weighted by Crippen LogP contribution is 2.32. The number of imidazole rings is 1. The van der Waals surface area contributed by atoms with Crippen molar-refractivity contribution in [1.29, 1.82) is 0 Å². The number of alkyl halides is 1. The molecule has 0 bridgehead atoms. The number of hydrogen-bond acceptors (Lipinski definition) is 2. The van der Waals surface area contributed by atoms with E-state index in [1.165, 1.54) is 6.07 Å². The van der Waals surface area contributed by atoms with E-state index in [1.807, 2.05) is 53.1 Å². The van der Waals surface area contributed by atoms with Crippen LogP contribution in [-0.4, -0.2) is 9.55 Å². The summed E-state index contributed by atoms with van der Waals surface area (Å²) in [5.41, 5.74) is 1.46. The van der Waals surface area contributed by atoms with Crippen molar-refractivity contribution in [2.45, 2.75) is 25.3 Å². The summed E-state index contributed by atoms with van der Waals surface area (Å²) in [6.07, 6.45) is 1.62. The van der Waals surface area contributed by atoms with Crippen LogP contribution in [0.2, 0.25) is 0 Å². The summed E-state index contributed by atoms with van der Waals surface area (Å²) in [6, 6.07) is 6.85. The Morgan fingerprint density at radius 2 is 2.14 bits per heavy atom. The summed E-state index contributed by atoms with van der Waals surface area (Å²) in [7, 11) is 0. The summed E-state index contributed by atoms with van der Waals surface area (Å²) in [5.74, 6) is 1.23. The maximum Gasteiger partial charge on any atom is 0.138 e. The van der Waals surface area contributed by atoms with Crippen LogP contribution in [0, 0.1) is 9.39 Å². The molecule has 3 nitrogen and oxygen atoms in total. The maximum atomic E-state index is 13.9. The van der Waals surface area contributed by atoms with Gasteiger partial charge in [-0.2, -0.15) is 0 Å². The summed E-state index contributed by atoms with van der Waals surface area (Å²) in [6.45, 7) is 3.84. The Balaban J connectivity index is 2.27. The summed E-state index contributed by atoms with van der Waals surface area (Å²) in [5, 5.41) is -0.282. The van der Waals surface area contributed by atoms with Crippen molar-refractivity contribution in [1.82, 2.24) is 9.55 Å². The zero-order valence-electron chi connectivity index (χ0n) is 11.5. The molecule has 2 heterocycles. The monoisotopic (exact) mass is 418 g/mol. The number of fused-ring (bicyclic) bond motifs is 1. The number of benzene rings is 1. The van der Waals surface area contributed by atoms with E-state index in [4.69, 9.17) is 16.0 Å². The van der Waals surface area contributed by atoms with Crippen LogP contribution in [0.4, 0.5) is 4.39 Å². The van der Waals surface area contributed by atoms with Gasteiger partial charge in [0.15, 0.2) is 0 Å². The predicted octanol–water partition coefficient (Wildman–Crippen LogP) is 5.28. The topological polar surface area (TPSA) is 31.0 Å². The Morgan fingerprint density at radius 1 is 1.38 bits per heavy atom. The molecule has 0 amide bonds. The van der Waals surface area contributed by atoms with Gasteiger partial charge < -0.3 is 8.98 Å². The molecule has 21 heavy (non-hydrogen) atoms. The van der Waals surface area contributed by atoms with Crippen molar-refractivity contribution < 1.29 is 8.81 Å². The van der Waals surface area contributed by atoms with Gasteiger partial charge in [0, 0.05) is 6.07 Å². The lowest BCUT2D eigenvalue weighted by molar-refractivity contribution is 0.444. The Bertz CT molecular complexity index is 783. The van der Waals surface area contributed by atoms with E-state index in [0.717, 1.165) is 16.8 Å². The number of rotatable bonds is 3. The Labute approximate surface area is 140 Å². The lowest BCUT2D eigenvalue weighted by atomic mass is 10.2. The molecule has 0 radical (unpaired) electrons. The third-order valence-electron chi connectivity index (χ3n) is 3.46. The smallest absolute Gasteiger partial charge is 0.138 e. The quantitative estimate of drug-likeness (QED) is 0.428. The molecule has 110 valence electrons. The molecule has 1 aromatic carbocycles. The summed E-state index contributed by atoms with van der Waals surface area (Å²) in [4.78, 5) is 4.56. The Morgan fingerprint density at radius 3 is 2.76 bits per heavy atom. The molecule has 6 heteroatoms. The molecule has 0 N–H and O–H groups in total. The first-order chi connectivity index (χ1) is 9.99. The molecule has 2 unspecified atom stereocenters. The Kier molecular flexibility index (Phi) is 3.96. The minimum Gasteiger partial charge on any atom is -0.467 e. The van der Waals surface area contributed by atoms with Crippen molar-refractivity contribution in [3.05, 3.63) is 51.5 Å². The molecule has 2 aromatic heterocycles. The standard InChI is InChI=1S/C15H13ClFIN2O/c1-8(16)15-19-12-7-11(18)10(17)6-13(12)20(15)9(2)14-4-3-5-21-14/h3-9H,1-2H3. The van der Waals surface area contributed by atoms with Crippen molar-refractivity contribution in [2.75, 3.05) is 0 Å². The van der Waals surface area contributed by atoms with Crippen LogP contribution in [0.25, 0.3) is 11.0 Å². The van der Waals surface area contributed by atoms with Crippen molar-refractivity contribution in [2.24, 2.45) is 0 Å². The normalized spacial score (nSPS) is 14.5. The van der Waals surface area contributed by atoms with Crippen molar-refractivity contribution in [3.8, 4) is 0 Å². The lowest BCUT2D eigenvalue weighted by Crippen LogP contribution is -2.10. The fourth-order valence-electron chi connectivity index (χ4n) is 2.45. The minimum atomic E-state index is -0.282. The van der Waals surface area contributed by atoms with Gasteiger partial charge in [0.1, 0.15) is 17.4 Å². The minimum absolute atomic E-state index is 0.110. The number of aromatic nitrogens is 2. The van der Waals surface area contributed by atoms with Gasteiger partial charge in [-0.05, 0) is 54.6 Å². The van der Waals surface area contributed by atoms with E-state index in [-0.39, 0.29) is 17.2 Å². The van der Waals surface area contributed by atoms with Crippen LogP contribution in [0.1, 0.15) is 36.9 Å². The lowest BCUT2D eigenvalue weighted by Gasteiger charge is -2.16. The molecule has 3 aromatic rings. The molecular weight excluding hydrogens is 406 g/mol. The average molecular weight is 419 g/mol. The molecule has 0 aliphatic heterocycles. The van der Waals surface area contributed by atoms with Gasteiger partial charge in [-0.3, -0.25) is 0 Å². The second-order valence-corrected chi connectivity index (χ2v) is 6.72. The molecule has 0 fully saturated rings. The van der Waals surface area contributed by atoms with Gasteiger partial charge in [0.05, 0.1) is 32.3 Å². The zero-order valence-corrected chi connectivity index (χ0v) is 14.4. The first-order valence-electron chi connectivity index (χ1n) is 6.53. The van der Waals surface area contributed by atoms with E-state index in [1.54, 1.807) is 12.3 Å². The number of furan rings is 1. The predicted molar refractivity (Wildman–Crippen MR) is 89.2 cm³/mol. The van der Waals surface area contributed by atoms with Crippen LogP contribution in [0.3, 0.4) is 0 Å². The van der Waals surface area contributed by atoms with Gasteiger partial charge in [-0.1, -0.05) is 0 Å².